The summed E-state index contributed by atoms with van der Waals surface area (Å²) >= 11 is 4.66. The molecule has 5 nitrogen and oxygen atoms in total. The van der Waals surface area contributed by atoms with Crippen LogP contribution in [0, 0.1) is 0 Å². The van der Waals surface area contributed by atoms with Crippen LogP contribution in [0.15, 0.2) is 81.0 Å². The van der Waals surface area contributed by atoms with Crippen LogP contribution in [0.3, 0.4) is 0 Å². The van der Waals surface area contributed by atoms with E-state index in [1.807, 2.05) is 53.7 Å². The lowest BCUT2D eigenvalue weighted by molar-refractivity contribution is -0.141. The number of carboxylic acid groups (broad SMARTS) is 1. The van der Waals surface area contributed by atoms with Crippen molar-refractivity contribution in [1.29, 1.82) is 0 Å². The smallest absolute Gasteiger partial charge is 0.416 e. The van der Waals surface area contributed by atoms with Crippen molar-refractivity contribution >= 4 is 44.6 Å². The third-order valence-corrected chi connectivity index (χ3v) is 8.77. The van der Waals surface area contributed by atoms with Crippen molar-refractivity contribution in [2.45, 2.75) is 37.0 Å². The topological polar surface area (TPSA) is 62.5 Å². The molecule has 10 heteroatoms. The number of aromatic nitrogens is 1. The largest absolute Gasteiger partial charge is 0.480 e. The highest BCUT2D eigenvalue weighted by molar-refractivity contribution is 9.10. The predicted octanol–water partition coefficient (Wildman–Crippen LogP) is 7.40. The van der Waals surface area contributed by atoms with Gasteiger partial charge in [0.15, 0.2) is 0 Å². The molecule has 0 aliphatic carbocycles. The highest BCUT2D eigenvalue weighted by atomic mass is 79.9. The van der Waals surface area contributed by atoms with Crippen molar-refractivity contribution in [3.63, 3.8) is 0 Å². The predicted molar refractivity (Wildman–Crippen MR) is 150 cm³/mol. The molecule has 0 radical (unpaired) electrons. The van der Waals surface area contributed by atoms with Gasteiger partial charge < -0.3 is 5.11 Å². The standard InChI is InChI=1S/C29H24BrF3N2O3S/c1-2-13-34-16-23(28(37)38)35-26(36)25(30)22(15-18-9-5-8-17-7-3-4-12-21(17)18)24(27(35)39-34)19-10-6-11-20(14-19)29(31,32)33/h3-12,14,23H,2,13,15-16H2,1H3,(H,37,38). The molecule has 1 N–H and O–H groups in total. The van der Waals surface area contributed by atoms with E-state index in [0.29, 0.717) is 22.7 Å². The monoisotopic (exact) mass is 616 g/mol. The first kappa shape index (κ1) is 27.5. The van der Waals surface area contributed by atoms with E-state index < -0.39 is 29.3 Å². The summed E-state index contributed by atoms with van der Waals surface area (Å²) in [5, 5.41) is 12.3. The van der Waals surface area contributed by atoms with Crippen LogP contribution in [0.2, 0.25) is 0 Å². The van der Waals surface area contributed by atoms with Crippen molar-refractivity contribution in [3.05, 3.63) is 98.2 Å². The van der Waals surface area contributed by atoms with Gasteiger partial charge >= 0.3 is 12.1 Å². The van der Waals surface area contributed by atoms with E-state index in [9.17, 15) is 27.9 Å². The van der Waals surface area contributed by atoms with Gasteiger partial charge in [0.1, 0.15) is 11.1 Å². The van der Waals surface area contributed by atoms with Gasteiger partial charge in [-0.1, -0.05) is 61.5 Å². The minimum atomic E-state index is -4.57. The summed E-state index contributed by atoms with van der Waals surface area (Å²) in [7, 11) is 0. The summed E-state index contributed by atoms with van der Waals surface area (Å²) in [5.41, 5.74) is 0.742. The third-order valence-electron chi connectivity index (χ3n) is 6.79. The molecule has 1 aliphatic heterocycles. The maximum atomic E-state index is 13.8. The van der Waals surface area contributed by atoms with Gasteiger partial charge in [-0.05, 0) is 73.9 Å². The highest BCUT2D eigenvalue weighted by Gasteiger charge is 2.37. The number of hydrogen-bond donors (Lipinski definition) is 1. The number of hydrogen-bond acceptors (Lipinski definition) is 4. The summed E-state index contributed by atoms with van der Waals surface area (Å²) in [6.45, 7) is 2.61. The van der Waals surface area contributed by atoms with Gasteiger partial charge in [0.25, 0.3) is 5.56 Å². The average Bonchev–Trinajstić information content (AvgIpc) is 2.91. The second kappa shape index (κ2) is 10.8. The molecular weight excluding hydrogens is 593 g/mol. The van der Waals surface area contributed by atoms with Gasteiger partial charge in [0.2, 0.25) is 0 Å². The van der Waals surface area contributed by atoms with Crippen LogP contribution in [0.4, 0.5) is 13.2 Å². The van der Waals surface area contributed by atoms with E-state index in [1.165, 1.54) is 22.6 Å². The molecule has 2 heterocycles. The van der Waals surface area contributed by atoms with Crippen molar-refractivity contribution < 1.29 is 23.1 Å². The van der Waals surface area contributed by atoms with Gasteiger partial charge in [-0.3, -0.25) is 9.36 Å². The summed E-state index contributed by atoms with van der Waals surface area (Å²) in [5.74, 6) is -1.18. The summed E-state index contributed by atoms with van der Waals surface area (Å²) < 4.78 is 44.5. The van der Waals surface area contributed by atoms with Crippen molar-refractivity contribution in [1.82, 2.24) is 8.87 Å². The van der Waals surface area contributed by atoms with Crippen LogP contribution in [-0.4, -0.2) is 33.0 Å². The number of pyridine rings is 1. The minimum absolute atomic E-state index is 0.0951. The van der Waals surface area contributed by atoms with E-state index in [1.54, 1.807) is 6.07 Å². The molecule has 4 aromatic rings. The first-order valence-electron chi connectivity index (χ1n) is 12.4. The van der Waals surface area contributed by atoms with Crippen LogP contribution in [0.25, 0.3) is 21.9 Å². The van der Waals surface area contributed by atoms with Crippen LogP contribution in [0.1, 0.15) is 36.1 Å². The Kier molecular flexibility index (Phi) is 7.63. The lowest BCUT2D eigenvalue weighted by Crippen LogP contribution is -2.42. The SMILES string of the molecule is CCCN1CC(C(=O)O)n2c(c(-c3cccc(C(F)(F)F)c3)c(Cc3cccc4ccccc34)c(Br)c2=O)S1. The molecule has 1 unspecified atom stereocenters. The number of nitrogens with zero attached hydrogens (tertiary/aromatic N) is 2. The fourth-order valence-electron chi connectivity index (χ4n) is 5.02. The maximum absolute atomic E-state index is 13.8. The van der Waals surface area contributed by atoms with Crippen LogP contribution >= 0.6 is 27.9 Å². The van der Waals surface area contributed by atoms with Gasteiger partial charge in [-0.15, -0.1) is 0 Å². The fraction of sp³-hybridized carbons (Fsp3) is 0.241. The Balaban J connectivity index is 1.83. The molecule has 3 aromatic carbocycles. The first-order chi connectivity index (χ1) is 18.6. The molecule has 1 atom stereocenters. The fourth-order valence-corrected chi connectivity index (χ4v) is 6.91. The van der Waals surface area contributed by atoms with Crippen LogP contribution in [-0.2, 0) is 17.4 Å². The molecule has 0 fully saturated rings. The Morgan fingerprint density at radius 2 is 1.82 bits per heavy atom. The summed E-state index contributed by atoms with van der Waals surface area (Å²) in [6.07, 6.45) is -3.58. The van der Waals surface area contributed by atoms with Crippen LogP contribution < -0.4 is 5.56 Å². The number of alkyl halides is 3. The number of fused-ring (bicyclic) bond motifs is 2. The number of halogens is 4. The average molecular weight is 617 g/mol. The zero-order valence-electron chi connectivity index (χ0n) is 20.8. The number of benzene rings is 3. The number of rotatable bonds is 6. The van der Waals surface area contributed by atoms with E-state index in [2.05, 4.69) is 15.9 Å². The van der Waals surface area contributed by atoms with Gasteiger partial charge in [0, 0.05) is 25.1 Å². The molecule has 0 saturated heterocycles. The third kappa shape index (κ3) is 5.25. The maximum Gasteiger partial charge on any atom is 0.416 e. The quantitative estimate of drug-likeness (QED) is 0.229. The Morgan fingerprint density at radius 3 is 2.54 bits per heavy atom. The summed E-state index contributed by atoms with van der Waals surface area (Å²) in [4.78, 5) is 26.0. The Morgan fingerprint density at radius 1 is 1.10 bits per heavy atom. The van der Waals surface area contributed by atoms with E-state index >= 15 is 0 Å². The second-order valence-corrected chi connectivity index (χ2v) is 11.3. The van der Waals surface area contributed by atoms with Crippen molar-refractivity contribution in [3.8, 4) is 11.1 Å². The Bertz CT molecular complexity index is 1630. The molecule has 0 saturated carbocycles. The van der Waals surface area contributed by atoms with E-state index in [0.717, 1.165) is 34.9 Å². The Labute approximate surface area is 235 Å². The molecule has 0 bridgehead atoms. The Hall–Kier alpha value is -3.08. The molecule has 0 amide bonds. The highest BCUT2D eigenvalue weighted by Crippen LogP contribution is 2.44. The summed E-state index contributed by atoms with van der Waals surface area (Å²) in [6, 6.07) is 17.4. The van der Waals surface area contributed by atoms with Crippen molar-refractivity contribution in [2.24, 2.45) is 0 Å². The lowest BCUT2D eigenvalue weighted by atomic mass is 9.93. The van der Waals surface area contributed by atoms with Gasteiger partial charge in [-0.25, -0.2) is 9.10 Å². The molecule has 1 aliphatic rings. The lowest BCUT2D eigenvalue weighted by Gasteiger charge is -2.35. The molecule has 0 spiro atoms. The zero-order chi connectivity index (χ0) is 27.9. The zero-order valence-corrected chi connectivity index (χ0v) is 23.2. The molecular formula is C29H24BrF3N2O3S. The molecule has 1 aromatic heterocycles. The number of carboxylic acids is 1. The van der Waals surface area contributed by atoms with Gasteiger partial charge in [-0.2, -0.15) is 13.2 Å². The normalized spacial score (nSPS) is 15.9. The molecule has 202 valence electrons. The first-order valence-corrected chi connectivity index (χ1v) is 13.9. The second-order valence-electron chi connectivity index (χ2n) is 9.37. The van der Waals surface area contributed by atoms with E-state index in [-0.39, 0.29) is 23.0 Å². The molecule has 5 rings (SSSR count). The van der Waals surface area contributed by atoms with Crippen LogP contribution in [0.5, 0.6) is 0 Å². The minimum Gasteiger partial charge on any atom is -0.480 e. The molecule has 39 heavy (non-hydrogen) atoms. The number of aliphatic carboxylic acids is 1. The van der Waals surface area contributed by atoms with Gasteiger partial charge in [0.05, 0.1) is 10.0 Å². The van der Waals surface area contributed by atoms with Crippen molar-refractivity contribution in [2.75, 3.05) is 13.1 Å². The number of carbonyl (C=O) groups is 1. The van der Waals surface area contributed by atoms with E-state index in [4.69, 9.17) is 0 Å².